The van der Waals surface area contributed by atoms with E-state index in [0.717, 1.165) is 29.5 Å². The van der Waals surface area contributed by atoms with E-state index < -0.39 is 5.97 Å². The summed E-state index contributed by atoms with van der Waals surface area (Å²) in [5.41, 5.74) is 0.602. The average molecular weight is 297 g/mol. The molecule has 0 aromatic carbocycles. The van der Waals surface area contributed by atoms with Gasteiger partial charge in [-0.15, -0.1) is 11.3 Å². The first kappa shape index (κ1) is 14.1. The van der Waals surface area contributed by atoms with Crippen molar-refractivity contribution < 1.29 is 14.7 Å². The van der Waals surface area contributed by atoms with Crippen LogP contribution in [-0.4, -0.2) is 34.5 Å². The fourth-order valence-corrected chi connectivity index (χ4v) is 3.69. The smallest absolute Gasteiger partial charge is 0.328 e. The van der Waals surface area contributed by atoms with Gasteiger partial charge in [-0.3, -0.25) is 4.79 Å². The Hall–Kier alpha value is -1.27. The molecular weight excluding hydrogens is 282 g/mol. The maximum Gasteiger partial charge on any atom is 0.328 e. The van der Waals surface area contributed by atoms with Gasteiger partial charge in [0, 0.05) is 28.1 Å². The molecule has 6 heteroatoms. The summed E-state index contributed by atoms with van der Waals surface area (Å²) in [6.07, 6.45) is 4.76. The number of aliphatic carboxylic acids is 1. The van der Waals surface area contributed by atoms with Gasteiger partial charge in [-0.05, 0) is 30.7 Å². The molecule has 1 aromatic rings. The first-order chi connectivity index (χ1) is 9.15. The van der Waals surface area contributed by atoms with Crippen LogP contribution in [0, 0.1) is 0 Å². The zero-order valence-electron chi connectivity index (χ0n) is 10.3. The Bertz CT molecular complexity index is 490. The molecule has 1 unspecified atom stereocenters. The van der Waals surface area contributed by atoms with Gasteiger partial charge in [-0.25, -0.2) is 4.79 Å². The Kier molecular flexibility index (Phi) is 5.04. The summed E-state index contributed by atoms with van der Waals surface area (Å²) in [7, 11) is 0. The number of thioether (sulfide) groups is 1. The summed E-state index contributed by atoms with van der Waals surface area (Å²) in [4.78, 5) is 23.2. The van der Waals surface area contributed by atoms with E-state index in [-0.39, 0.29) is 11.9 Å². The second-order valence-electron chi connectivity index (χ2n) is 4.30. The molecule has 1 aromatic heterocycles. The molecule has 1 fully saturated rings. The summed E-state index contributed by atoms with van der Waals surface area (Å²) in [5.74, 6) is 1.09. The summed E-state index contributed by atoms with van der Waals surface area (Å²) >= 11 is 3.23. The predicted molar refractivity (Wildman–Crippen MR) is 78.8 cm³/mol. The third-order valence-electron chi connectivity index (χ3n) is 2.77. The number of carboxylic acids is 1. The van der Waals surface area contributed by atoms with E-state index in [9.17, 15) is 9.59 Å². The normalized spacial score (nSPS) is 19.5. The van der Waals surface area contributed by atoms with E-state index in [0.29, 0.717) is 5.56 Å². The van der Waals surface area contributed by atoms with Crippen molar-refractivity contribution in [3.05, 3.63) is 28.0 Å². The third kappa shape index (κ3) is 4.40. The topological polar surface area (TPSA) is 66.4 Å². The highest BCUT2D eigenvalue weighted by atomic mass is 32.2. The van der Waals surface area contributed by atoms with E-state index in [1.807, 2.05) is 11.8 Å². The fraction of sp³-hybridized carbons (Fsp3) is 0.385. The lowest BCUT2D eigenvalue weighted by atomic mass is 10.1. The Morgan fingerprint density at radius 2 is 2.32 bits per heavy atom. The molecule has 4 nitrogen and oxygen atoms in total. The number of hydrogen-bond donors (Lipinski definition) is 2. The van der Waals surface area contributed by atoms with Crippen molar-refractivity contribution in [2.45, 2.75) is 18.9 Å². The van der Waals surface area contributed by atoms with Crippen LogP contribution in [0.1, 0.15) is 28.1 Å². The van der Waals surface area contributed by atoms with Crippen molar-refractivity contribution in [3.63, 3.8) is 0 Å². The lowest BCUT2D eigenvalue weighted by Crippen LogP contribution is -2.38. The standard InChI is InChI=1S/C13H15NO3S2/c15-12(16)4-3-11-6-9(7-19-11)13(17)14-10-2-1-5-18-8-10/h3-4,6-7,10H,1-2,5,8H2,(H,14,17)(H,15,16)/b4-3+. The number of nitrogens with one attached hydrogen (secondary N) is 1. The maximum atomic E-state index is 12.0. The predicted octanol–water partition coefficient (Wildman–Crippen LogP) is 2.47. The molecule has 1 aliphatic rings. The monoisotopic (exact) mass is 297 g/mol. The minimum absolute atomic E-state index is 0.0706. The highest BCUT2D eigenvalue weighted by molar-refractivity contribution is 7.99. The molecule has 2 N–H and O–H groups in total. The van der Waals surface area contributed by atoms with Gasteiger partial charge in [0.15, 0.2) is 0 Å². The van der Waals surface area contributed by atoms with Gasteiger partial charge in [0.05, 0.1) is 5.56 Å². The first-order valence-electron chi connectivity index (χ1n) is 6.03. The van der Waals surface area contributed by atoms with Crippen LogP contribution in [0.2, 0.25) is 0 Å². The Balaban J connectivity index is 1.93. The van der Waals surface area contributed by atoms with Crippen molar-refractivity contribution in [2.75, 3.05) is 11.5 Å². The molecule has 1 aliphatic heterocycles. The van der Waals surface area contributed by atoms with Crippen LogP contribution in [0.5, 0.6) is 0 Å². The fourth-order valence-electron chi connectivity index (χ4n) is 1.84. The number of carbonyl (C=O) groups excluding carboxylic acids is 1. The molecule has 19 heavy (non-hydrogen) atoms. The van der Waals surface area contributed by atoms with Gasteiger partial charge < -0.3 is 10.4 Å². The molecule has 2 rings (SSSR count). The molecule has 1 saturated heterocycles. The molecular formula is C13H15NO3S2. The van der Waals surface area contributed by atoms with Crippen LogP contribution < -0.4 is 5.32 Å². The van der Waals surface area contributed by atoms with Gasteiger partial charge >= 0.3 is 5.97 Å². The summed E-state index contributed by atoms with van der Waals surface area (Å²) in [6, 6.07) is 1.97. The lowest BCUT2D eigenvalue weighted by Gasteiger charge is -2.22. The summed E-state index contributed by atoms with van der Waals surface area (Å²) in [5, 5.41) is 13.3. The molecule has 0 spiro atoms. The van der Waals surface area contributed by atoms with Gasteiger partial charge in [0.1, 0.15) is 0 Å². The van der Waals surface area contributed by atoms with E-state index in [2.05, 4.69) is 5.32 Å². The molecule has 1 amide bonds. The van der Waals surface area contributed by atoms with Gasteiger partial charge in [0.2, 0.25) is 0 Å². The summed E-state index contributed by atoms with van der Waals surface area (Å²) < 4.78 is 0. The van der Waals surface area contributed by atoms with Crippen LogP contribution in [-0.2, 0) is 4.79 Å². The van der Waals surface area contributed by atoms with Crippen LogP contribution in [0.15, 0.2) is 17.5 Å². The summed E-state index contributed by atoms with van der Waals surface area (Å²) in [6.45, 7) is 0. The van der Waals surface area contributed by atoms with E-state index in [4.69, 9.17) is 5.11 Å². The van der Waals surface area contributed by atoms with Gasteiger partial charge in [-0.2, -0.15) is 11.8 Å². The Morgan fingerprint density at radius 3 is 3.00 bits per heavy atom. The number of thiophene rings is 1. The zero-order valence-corrected chi connectivity index (χ0v) is 11.9. The largest absolute Gasteiger partial charge is 0.478 e. The molecule has 2 heterocycles. The lowest BCUT2D eigenvalue weighted by molar-refractivity contribution is -0.131. The molecule has 102 valence electrons. The second-order valence-corrected chi connectivity index (χ2v) is 6.39. The minimum atomic E-state index is -0.987. The number of rotatable bonds is 4. The zero-order chi connectivity index (χ0) is 13.7. The van der Waals surface area contributed by atoms with Crippen LogP contribution in [0.4, 0.5) is 0 Å². The number of hydrogen-bond acceptors (Lipinski definition) is 4. The van der Waals surface area contributed by atoms with E-state index in [1.165, 1.54) is 23.2 Å². The van der Waals surface area contributed by atoms with Crippen LogP contribution >= 0.6 is 23.1 Å². The molecule has 0 saturated carbocycles. The molecule has 0 aliphatic carbocycles. The number of amides is 1. The minimum Gasteiger partial charge on any atom is -0.478 e. The quantitative estimate of drug-likeness (QED) is 0.838. The number of carbonyl (C=O) groups is 2. The van der Waals surface area contributed by atoms with Crippen molar-refractivity contribution >= 4 is 41.1 Å². The molecule has 1 atom stereocenters. The maximum absolute atomic E-state index is 12.0. The van der Waals surface area contributed by atoms with Gasteiger partial charge in [0.25, 0.3) is 5.91 Å². The van der Waals surface area contributed by atoms with Crippen molar-refractivity contribution in [1.29, 1.82) is 0 Å². The van der Waals surface area contributed by atoms with Crippen LogP contribution in [0.3, 0.4) is 0 Å². The average Bonchev–Trinajstić information content (AvgIpc) is 2.86. The van der Waals surface area contributed by atoms with E-state index >= 15 is 0 Å². The van der Waals surface area contributed by atoms with Gasteiger partial charge in [-0.1, -0.05) is 0 Å². The molecule has 0 bridgehead atoms. The third-order valence-corrected chi connectivity index (χ3v) is 4.88. The highest BCUT2D eigenvalue weighted by Gasteiger charge is 2.17. The highest BCUT2D eigenvalue weighted by Crippen LogP contribution is 2.19. The second kappa shape index (κ2) is 6.77. The van der Waals surface area contributed by atoms with Crippen LogP contribution in [0.25, 0.3) is 6.08 Å². The Labute approximate surface area is 119 Å². The first-order valence-corrected chi connectivity index (χ1v) is 8.07. The Morgan fingerprint density at radius 1 is 1.47 bits per heavy atom. The van der Waals surface area contributed by atoms with E-state index in [1.54, 1.807) is 11.4 Å². The number of carboxylic acid groups (broad SMARTS) is 1. The van der Waals surface area contributed by atoms with Crippen molar-refractivity contribution in [3.8, 4) is 0 Å². The van der Waals surface area contributed by atoms with Crippen molar-refractivity contribution in [2.24, 2.45) is 0 Å². The molecule has 0 radical (unpaired) electrons. The SMILES string of the molecule is O=C(O)/C=C/c1cc(C(=O)NC2CCCSC2)cs1. The van der Waals surface area contributed by atoms with Crippen molar-refractivity contribution in [1.82, 2.24) is 5.32 Å².